The number of hydrogen-bond donors (Lipinski definition) is 1. The lowest BCUT2D eigenvalue weighted by molar-refractivity contribution is 0.0461. The van der Waals surface area contributed by atoms with E-state index in [1.165, 1.54) is 6.07 Å². The zero-order chi connectivity index (χ0) is 20.7. The molecular weight excluding hydrogens is 394 g/mol. The number of aromatic hydroxyl groups is 1. The van der Waals surface area contributed by atoms with Crippen LogP contribution in [0.15, 0.2) is 41.3 Å². The van der Waals surface area contributed by atoms with Crippen LogP contribution in [0.2, 0.25) is 5.02 Å². The second-order valence-electron chi connectivity index (χ2n) is 7.58. The molecule has 0 bridgehead atoms. The number of amides is 1. The van der Waals surface area contributed by atoms with Gasteiger partial charge in [0.2, 0.25) is 5.43 Å². The van der Waals surface area contributed by atoms with Crippen molar-refractivity contribution in [2.75, 3.05) is 25.8 Å². The first-order valence-electron chi connectivity index (χ1n) is 9.69. The fraction of sp³-hybridized carbons (Fsp3) is 0.429. The third-order valence-corrected chi connectivity index (χ3v) is 6.37. The summed E-state index contributed by atoms with van der Waals surface area (Å²) in [6, 6.07) is 8.83. The number of ether oxygens (including phenoxy) is 1. The number of carbonyl (C=O) groups is 1. The molecule has 29 heavy (non-hydrogen) atoms. The smallest absolute Gasteiger partial charge is 0.277 e. The maximum Gasteiger partial charge on any atom is 0.277 e. The summed E-state index contributed by atoms with van der Waals surface area (Å²) in [5.41, 5.74) is 0.367. The number of pyridine rings is 1. The fourth-order valence-electron chi connectivity index (χ4n) is 4.60. The van der Waals surface area contributed by atoms with E-state index < -0.39 is 11.2 Å². The molecule has 3 atom stereocenters. The second kappa shape index (κ2) is 7.72. The summed E-state index contributed by atoms with van der Waals surface area (Å²) in [5.74, 6) is -0.670. The Morgan fingerprint density at radius 2 is 1.97 bits per heavy atom. The van der Waals surface area contributed by atoms with Crippen LogP contribution in [0.4, 0.5) is 0 Å². The monoisotopic (exact) mass is 417 g/mol. The molecule has 4 rings (SSSR count). The molecule has 2 aliphatic rings. The van der Waals surface area contributed by atoms with Gasteiger partial charge in [0.25, 0.3) is 5.91 Å². The highest BCUT2D eigenvalue weighted by Crippen LogP contribution is 2.44. The number of aromatic nitrogens is 1. The summed E-state index contributed by atoms with van der Waals surface area (Å²) in [6.07, 6.45) is 3.85. The Kier molecular flexibility index (Phi) is 5.27. The molecule has 8 heteroatoms. The van der Waals surface area contributed by atoms with Gasteiger partial charge in [-0.05, 0) is 36.8 Å². The van der Waals surface area contributed by atoms with Crippen LogP contribution < -0.4 is 10.4 Å². The zero-order valence-corrected chi connectivity index (χ0v) is 17.2. The highest BCUT2D eigenvalue weighted by Gasteiger charge is 2.46. The molecule has 1 aromatic carbocycles. The Balaban J connectivity index is 1.92. The number of halogens is 1. The van der Waals surface area contributed by atoms with Gasteiger partial charge in [-0.15, -0.1) is 0 Å². The van der Waals surface area contributed by atoms with Crippen LogP contribution in [0.5, 0.6) is 5.75 Å². The molecule has 0 spiro atoms. The van der Waals surface area contributed by atoms with Crippen LogP contribution in [0.3, 0.4) is 0 Å². The third-order valence-electron chi connectivity index (χ3n) is 6.02. The van der Waals surface area contributed by atoms with Crippen molar-refractivity contribution in [1.82, 2.24) is 9.58 Å². The summed E-state index contributed by atoms with van der Waals surface area (Å²) in [7, 11) is 3.39. The van der Waals surface area contributed by atoms with Gasteiger partial charge in [0.05, 0.1) is 6.04 Å². The summed E-state index contributed by atoms with van der Waals surface area (Å²) >= 11 is 6.59. The number of nitrogens with zero attached hydrogens (tertiary/aromatic N) is 3. The van der Waals surface area contributed by atoms with E-state index in [0.717, 1.165) is 24.8 Å². The molecule has 1 N–H and O–H groups in total. The Bertz CT molecular complexity index is 992. The first-order chi connectivity index (χ1) is 14.0. The number of fused-ring (bicyclic) bond motifs is 3. The fourth-order valence-corrected chi connectivity index (χ4v) is 4.84. The quantitative estimate of drug-likeness (QED) is 0.827. The first kappa shape index (κ1) is 19.8. The maximum atomic E-state index is 12.9. The van der Waals surface area contributed by atoms with Gasteiger partial charge in [-0.1, -0.05) is 29.8 Å². The van der Waals surface area contributed by atoms with E-state index in [1.54, 1.807) is 29.9 Å². The molecular formula is C21H24ClN3O4. The summed E-state index contributed by atoms with van der Waals surface area (Å²) < 4.78 is 6.97. The van der Waals surface area contributed by atoms with Crippen LogP contribution in [-0.4, -0.2) is 47.5 Å². The molecule has 0 radical (unpaired) electrons. The predicted molar refractivity (Wildman–Crippen MR) is 110 cm³/mol. The molecule has 1 aromatic heterocycles. The minimum atomic E-state index is -0.571. The normalized spacial score (nSPS) is 23.7. The van der Waals surface area contributed by atoms with Gasteiger partial charge in [-0.25, -0.2) is 0 Å². The van der Waals surface area contributed by atoms with Gasteiger partial charge >= 0.3 is 0 Å². The molecule has 1 saturated heterocycles. The van der Waals surface area contributed by atoms with Gasteiger partial charge in [0, 0.05) is 38.1 Å². The van der Waals surface area contributed by atoms with Crippen molar-refractivity contribution in [2.24, 2.45) is 5.92 Å². The first-order valence-corrected chi connectivity index (χ1v) is 10.1. The lowest BCUT2D eigenvalue weighted by atomic mass is 9.82. The van der Waals surface area contributed by atoms with Crippen LogP contribution in [-0.2, 0) is 4.74 Å². The maximum absolute atomic E-state index is 12.9. The van der Waals surface area contributed by atoms with Gasteiger partial charge in [-0.2, -0.15) is 0 Å². The van der Waals surface area contributed by atoms with E-state index in [4.69, 9.17) is 16.3 Å². The topological polar surface area (TPSA) is 75.0 Å². The summed E-state index contributed by atoms with van der Waals surface area (Å²) in [6.45, 7) is 0.612. The van der Waals surface area contributed by atoms with E-state index in [2.05, 4.69) is 5.01 Å². The summed E-state index contributed by atoms with van der Waals surface area (Å²) in [5, 5.41) is 13.1. The van der Waals surface area contributed by atoms with Crippen molar-refractivity contribution < 1.29 is 14.6 Å². The lowest BCUT2D eigenvalue weighted by Gasteiger charge is -2.54. The average molecular weight is 418 g/mol. The van der Waals surface area contributed by atoms with Crippen molar-refractivity contribution in [2.45, 2.75) is 31.5 Å². The Hall–Kier alpha value is -2.51. The van der Waals surface area contributed by atoms with E-state index in [-0.39, 0.29) is 29.7 Å². The molecule has 3 unspecified atom stereocenters. The lowest BCUT2D eigenvalue weighted by Crippen LogP contribution is -2.64. The van der Waals surface area contributed by atoms with Crippen LogP contribution in [0.1, 0.15) is 41.4 Å². The van der Waals surface area contributed by atoms with Gasteiger partial charge in [-0.3, -0.25) is 19.3 Å². The number of rotatable bonds is 4. The van der Waals surface area contributed by atoms with Crippen molar-refractivity contribution >= 4 is 17.5 Å². The van der Waals surface area contributed by atoms with E-state index in [1.807, 2.05) is 24.3 Å². The van der Waals surface area contributed by atoms with Crippen LogP contribution >= 0.6 is 11.6 Å². The van der Waals surface area contributed by atoms with Crippen LogP contribution in [0.25, 0.3) is 0 Å². The molecule has 1 fully saturated rings. The molecule has 1 amide bonds. The number of carbonyl (C=O) groups excluding carboxylic acids is 1. The molecule has 7 nitrogen and oxygen atoms in total. The van der Waals surface area contributed by atoms with E-state index in [9.17, 15) is 14.7 Å². The number of methoxy groups -OCH3 is 1. The van der Waals surface area contributed by atoms with Crippen molar-refractivity contribution in [3.8, 4) is 5.75 Å². The number of benzene rings is 1. The Morgan fingerprint density at radius 3 is 2.69 bits per heavy atom. The highest BCUT2D eigenvalue weighted by atomic mass is 35.5. The summed E-state index contributed by atoms with van der Waals surface area (Å²) in [4.78, 5) is 26.6. The predicted octanol–water partition coefficient (Wildman–Crippen LogP) is 2.74. The van der Waals surface area contributed by atoms with Gasteiger partial charge < -0.3 is 14.7 Å². The molecule has 0 saturated carbocycles. The van der Waals surface area contributed by atoms with E-state index in [0.29, 0.717) is 11.6 Å². The molecule has 2 aromatic rings. The largest absolute Gasteiger partial charge is 0.502 e. The Labute approximate surface area is 174 Å². The standard InChI is InChI=1S/C21H24ClN3O4/c1-23-17-8-7-13(10-12-29-2)18(14-5-3-4-6-15(14)22)25(17)24-11-9-16(26)20(27)19(24)21(23)28/h3-6,9,11,13,17-18,27H,7-8,10,12H2,1-2H3. The van der Waals surface area contributed by atoms with Gasteiger partial charge in [0.15, 0.2) is 11.4 Å². The minimum Gasteiger partial charge on any atom is -0.502 e. The van der Waals surface area contributed by atoms with Crippen molar-refractivity contribution in [3.63, 3.8) is 0 Å². The van der Waals surface area contributed by atoms with Crippen LogP contribution in [0, 0.1) is 5.92 Å². The number of piperidine rings is 1. The molecule has 0 aliphatic carbocycles. The highest BCUT2D eigenvalue weighted by molar-refractivity contribution is 6.31. The van der Waals surface area contributed by atoms with Crippen molar-refractivity contribution in [3.05, 3.63) is 63.0 Å². The van der Waals surface area contributed by atoms with Gasteiger partial charge in [0.1, 0.15) is 6.17 Å². The molecule has 154 valence electrons. The minimum absolute atomic E-state index is 0.0132. The zero-order valence-electron chi connectivity index (χ0n) is 16.4. The second-order valence-corrected chi connectivity index (χ2v) is 7.99. The van der Waals surface area contributed by atoms with E-state index >= 15 is 0 Å². The van der Waals surface area contributed by atoms with Crippen molar-refractivity contribution in [1.29, 1.82) is 0 Å². The molecule has 3 heterocycles. The average Bonchev–Trinajstić information content (AvgIpc) is 2.72. The number of hydrogen-bond acceptors (Lipinski definition) is 5. The molecule has 2 aliphatic heterocycles. The third kappa shape index (κ3) is 3.18. The Morgan fingerprint density at radius 1 is 1.21 bits per heavy atom. The SMILES string of the molecule is COCCC1CCC2N(C)C(=O)c3c(O)c(=O)ccn3N2C1c1ccccc1Cl.